The number of carboxylic acids is 1. The number of carboxylic acid groups (broad SMARTS) is 1. The van der Waals surface area contributed by atoms with E-state index in [1.54, 1.807) is 0 Å². The van der Waals surface area contributed by atoms with Crippen molar-refractivity contribution < 1.29 is 36.2 Å². The number of rotatable bonds is 4. The molecule has 114 valence electrons. The second-order valence-corrected chi connectivity index (χ2v) is 3.97. The first-order chi connectivity index (χ1) is 8.94. The summed E-state index contributed by atoms with van der Waals surface area (Å²) in [7, 11) is 0. The molecule has 1 rings (SSSR count). The third-order valence-corrected chi connectivity index (χ3v) is 2.34. The maximum Gasteiger partial charge on any atom is 0.407 e. The molecule has 0 fully saturated rings. The van der Waals surface area contributed by atoms with Crippen molar-refractivity contribution in [1.29, 1.82) is 0 Å². The summed E-state index contributed by atoms with van der Waals surface area (Å²) in [5.74, 6) is -8.01. The van der Waals surface area contributed by atoms with Gasteiger partial charge in [-0.2, -0.15) is 26.3 Å². The Bertz CT molecular complexity index is 468. The molecule has 1 N–H and O–H groups in total. The van der Waals surface area contributed by atoms with Gasteiger partial charge in [0.15, 0.2) is 5.82 Å². The first-order valence-corrected chi connectivity index (χ1v) is 5.07. The van der Waals surface area contributed by atoms with Crippen molar-refractivity contribution in [3.8, 4) is 0 Å². The molecule has 20 heavy (non-hydrogen) atoms. The third-order valence-electron chi connectivity index (χ3n) is 2.34. The minimum atomic E-state index is -5.64. The predicted octanol–water partition coefficient (Wildman–Crippen LogP) is 1.60. The Hall–Kier alpha value is -1.88. The molecule has 0 aliphatic heterocycles. The summed E-state index contributed by atoms with van der Waals surface area (Å²) >= 11 is 0. The maximum absolute atomic E-state index is 12.5. The van der Waals surface area contributed by atoms with Gasteiger partial charge in [-0.15, -0.1) is 5.10 Å². The number of hydrogen-bond donors (Lipinski definition) is 1. The van der Waals surface area contributed by atoms with Crippen LogP contribution in [0.25, 0.3) is 0 Å². The van der Waals surface area contributed by atoms with Crippen LogP contribution >= 0.6 is 0 Å². The van der Waals surface area contributed by atoms with Crippen molar-refractivity contribution in [2.45, 2.75) is 31.7 Å². The molecule has 1 aromatic heterocycles. The van der Waals surface area contributed by atoms with Crippen LogP contribution in [0, 0.1) is 5.92 Å². The van der Waals surface area contributed by atoms with E-state index in [1.165, 1.54) is 0 Å². The second-order valence-electron chi connectivity index (χ2n) is 3.97. The fourth-order valence-electron chi connectivity index (χ4n) is 1.36. The van der Waals surface area contributed by atoms with E-state index in [4.69, 9.17) is 5.11 Å². The van der Waals surface area contributed by atoms with Gasteiger partial charge in [-0.3, -0.25) is 4.79 Å². The number of carbonyl (C=O) groups is 1. The molecule has 0 aliphatic carbocycles. The van der Waals surface area contributed by atoms with Crippen molar-refractivity contribution in [1.82, 2.24) is 20.2 Å². The van der Waals surface area contributed by atoms with Gasteiger partial charge in [0.05, 0.1) is 12.5 Å². The number of nitrogens with zero attached hydrogens (tertiary/aromatic N) is 4. The molecule has 0 amide bonds. The molecule has 1 unspecified atom stereocenters. The van der Waals surface area contributed by atoms with Gasteiger partial charge >= 0.3 is 18.3 Å². The van der Waals surface area contributed by atoms with Crippen LogP contribution in [0.15, 0.2) is 0 Å². The fraction of sp³-hybridized carbons (Fsp3) is 0.750. The van der Waals surface area contributed by atoms with E-state index in [-0.39, 0.29) is 4.68 Å². The Kier molecular flexibility index (Phi) is 4.24. The van der Waals surface area contributed by atoms with Crippen molar-refractivity contribution >= 4 is 5.97 Å². The normalized spacial score (nSPS) is 14.6. The number of halogens is 6. The Labute approximate surface area is 107 Å². The molecule has 0 saturated heterocycles. The second kappa shape index (κ2) is 5.25. The lowest BCUT2D eigenvalue weighted by Crippen LogP contribution is -2.37. The first-order valence-electron chi connectivity index (χ1n) is 5.07. The molecule has 1 heterocycles. The van der Waals surface area contributed by atoms with Gasteiger partial charge in [-0.25, -0.2) is 4.68 Å². The Morgan fingerprint density at radius 3 is 2.15 bits per heavy atom. The van der Waals surface area contributed by atoms with Crippen molar-refractivity contribution in [2.75, 3.05) is 0 Å². The van der Waals surface area contributed by atoms with Crippen LogP contribution in [0.3, 0.4) is 0 Å². The first kappa shape index (κ1) is 16.2. The topological polar surface area (TPSA) is 80.9 Å². The van der Waals surface area contributed by atoms with E-state index >= 15 is 0 Å². The highest BCUT2D eigenvalue weighted by atomic mass is 19.4. The van der Waals surface area contributed by atoms with Crippen molar-refractivity contribution in [2.24, 2.45) is 5.92 Å². The molecule has 0 aliphatic rings. The Morgan fingerprint density at radius 1 is 1.25 bits per heavy atom. The molecular weight excluding hydrogens is 298 g/mol. The summed E-state index contributed by atoms with van der Waals surface area (Å²) < 4.78 is 75.3. The molecule has 1 aromatic rings. The highest BCUT2D eigenvalue weighted by Crippen LogP contribution is 2.45. The van der Waals surface area contributed by atoms with E-state index < -0.39 is 42.5 Å². The molecule has 0 bridgehead atoms. The van der Waals surface area contributed by atoms with E-state index in [1.807, 2.05) is 0 Å². The van der Waals surface area contributed by atoms with E-state index in [2.05, 4.69) is 15.5 Å². The number of tetrazole rings is 1. The average molecular weight is 306 g/mol. The summed E-state index contributed by atoms with van der Waals surface area (Å²) in [6.07, 6.45) is -11.3. The summed E-state index contributed by atoms with van der Waals surface area (Å²) in [5.41, 5.74) is 0. The monoisotopic (exact) mass is 306 g/mol. The van der Waals surface area contributed by atoms with Gasteiger partial charge in [-0.1, -0.05) is 6.92 Å². The van der Waals surface area contributed by atoms with Gasteiger partial charge in [0.1, 0.15) is 0 Å². The van der Waals surface area contributed by atoms with E-state index in [0.29, 0.717) is 0 Å². The van der Waals surface area contributed by atoms with E-state index in [0.717, 1.165) is 6.92 Å². The summed E-state index contributed by atoms with van der Waals surface area (Å²) in [6, 6.07) is 0. The number of hydrogen-bond acceptors (Lipinski definition) is 4. The zero-order valence-electron chi connectivity index (χ0n) is 9.77. The molecule has 0 saturated carbocycles. The zero-order valence-corrected chi connectivity index (χ0v) is 9.77. The van der Waals surface area contributed by atoms with Crippen LogP contribution in [0.2, 0.25) is 0 Å². The fourth-order valence-corrected chi connectivity index (χ4v) is 1.36. The highest BCUT2D eigenvalue weighted by molar-refractivity contribution is 5.69. The van der Waals surface area contributed by atoms with Gasteiger partial charge in [0, 0.05) is 0 Å². The largest absolute Gasteiger partial charge is 0.481 e. The lowest BCUT2D eigenvalue weighted by atomic mass is 10.1. The molecule has 0 spiro atoms. The SMILES string of the molecule is CC(Cn1nnnc1C(C(F)(F)F)C(F)(F)F)C(=O)O. The summed E-state index contributed by atoms with van der Waals surface area (Å²) in [5, 5.41) is 17.1. The summed E-state index contributed by atoms with van der Waals surface area (Å²) in [4.78, 5) is 10.6. The number of aromatic nitrogens is 4. The van der Waals surface area contributed by atoms with Crippen molar-refractivity contribution in [3.05, 3.63) is 5.82 Å². The Morgan fingerprint density at radius 2 is 1.75 bits per heavy atom. The standard InChI is InChI=1S/C8H8F6N4O2/c1-3(6(19)20)2-18-5(15-16-17-18)4(7(9,10)11)8(12,13)14/h3-4H,2H2,1H3,(H,19,20). The van der Waals surface area contributed by atoms with Gasteiger partial charge < -0.3 is 5.11 Å². The molecule has 0 radical (unpaired) electrons. The van der Waals surface area contributed by atoms with Gasteiger partial charge in [-0.05, 0) is 10.4 Å². The molecule has 1 atom stereocenters. The quantitative estimate of drug-likeness (QED) is 0.855. The number of alkyl halides is 6. The molecule has 12 heteroatoms. The van der Waals surface area contributed by atoms with Crippen LogP contribution in [0.5, 0.6) is 0 Å². The average Bonchev–Trinajstić information content (AvgIpc) is 2.61. The van der Waals surface area contributed by atoms with Crippen LogP contribution < -0.4 is 0 Å². The van der Waals surface area contributed by atoms with Gasteiger partial charge in [0.25, 0.3) is 0 Å². The highest BCUT2D eigenvalue weighted by Gasteiger charge is 2.60. The Balaban J connectivity index is 3.18. The van der Waals surface area contributed by atoms with Crippen LogP contribution in [0.4, 0.5) is 26.3 Å². The predicted molar refractivity (Wildman–Crippen MR) is 49.5 cm³/mol. The van der Waals surface area contributed by atoms with E-state index in [9.17, 15) is 31.1 Å². The maximum atomic E-state index is 12.5. The zero-order chi connectivity index (χ0) is 15.7. The lowest BCUT2D eigenvalue weighted by Gasteiger charge is -2.22. The smallest absolute Gasteiger partial charge is 0.407 e. The van der Waals surface area contributed by atoms with Gasteiger partial charge in [0.2, 0.25) is 5.92 Å². The third kappa shape index (κ3) is 3.57. The molecule has 6 nitrogen and oxygen atoms in total. The summed E-state index contributed by atoms with van der Waals surface area (Å²) in [6.45, 7) is 0.393. The lowest BCUT2D eigenvalue weighted by molar-refractivity contribution is -0.256. The molecular formula is C8H8F6N4O2. The van der Waals surface area contributed by atoms with Crippen molar-refractivity contribution in [3.63, 3.8) is 0 Å². The van der Waals surface area contributed by atoms with Crippen LogP contribution in [-0.4, -0.2) is 43.6 Å². The molecule has 0 aromatic carbocycles. The minimum Gasteiger partial charge on any atom is -0.481 e. The minimum absolute atomic E-state index is 0.199. The van der Waals surface area contributed by atoms with Crippen LogP contribution in [-0.2, 0) is 11.3 Å². The number of aliphatic carboxylic acids is 1. The van der Waals surface area contributed by atoms with Crippen LogP contribution in [0.1, 0.15) is 18.7 Å².